The van der Waals surface area contributed by atoms with Gasteiger partial charge < -0.3 is 30.3 Å². The van der Waals surface area contributed by atoms with Crippen LogP contribution < -0.4 is 20.1 Å². The van der Waals surface area contributed by atoms with Gasteiger partial charge in [-0.1, -0.05) is 12.1 Å². The van der Waals surface area contributed by atoms with Gasteiger partial charge in [0.25, 0.3) is 0 Å². The van der Waals surface area contributed by atoms with E-state index in [4.69, 9.17) is 9.47 Å². The Labute approximate surface area is 202 Å². The van der Waals surface area contributed by atoms with Crippen molar-refractivity contribution >= 4 is 11.4 Å². The number of rotatable bonds is 12. The Bertz CT molecular complexity index is 928. The van der Waals surface area contributed by atoms with Crippen molar-refractivity contribution in [1.29, 1.82) is 0 Å². The van der Waals surface area contributed by atoms with Gasteiger partial charge in [0.05, 0.1) is 0 Å². The highest BCUT2D eigenvalue weighted by Crippen LogP contribution is 2.19. The molecule has 34 heavy (non-hydrogen) atoms. The normalized spacial score (nSPS) is 12.6. The van der Waals surface area contributed by atoms with Gasteiger partial charge in [0.2, 0.25) is 0 Å². The molecule has 3 aromatic carbocycles. The van der Waals surface area contributed by atoms with E-state index in [1.807, 2.05) is 0 Å². The van der Waals surface area contributed by atoms with Gasteiger partial charge in [-0.05, 0) is 98.5 Å². The molecular weight excluding hydrogens is 428 g/mol. The molecule has 2 atom stereocenters. The summed E-state index contributed by atoms with van der Waals surface area (Å²) in [6, 6.07) is 19.6. The Morgan fingerprint density at radius 2 is 0.912 bits per heavy atom. The van der Waals surface area contributed by atoms with E-state index in [1.165, 1.54) is 22.3 Å². The number of benzene rings is 3. The number of hydrogen-bond acceptors (Lipinski definition) is 6. The van der Waals surface area contributed by atoms with Gasteiger partial charge in [0.1, 0.15) is 36.9 Å². The number of ether oxygens (including phenoxy) is 2. The van der Waals surface area contributed by atoms with E-state index < -0.39 is 12.2 Å². The predicted octanol–water partition coefficient (Wildman–Crippen LogP) is 4.62. The summed E-state index contributed by atoms with van der Waals surface area (Å²) in [4.78, 5) is 0. The number of aliphatic hydroxyl groups is 2. The van der Waals surface area contributed by atoms with Crippen LogP contribution in [0.15, 0.2) is 60.7 Å². The van der Waals surface area contributed by atoms with Gasteiger partial charge in [-0.25, -0.2) is 0 Å². The minimum atomic E-state index is -0.642. The molecule has 0 spiro atoms. The molecule has 0 aliphatic rings. The van der Waals surface area contributed by atoms with E-state index >= 15 is 0 Å². The lowest BCUT2D eigenvalue weighted by Crippen LogP contribution is -2.26. The Morgan fingerprint density at radius 1 is 0.588 bits per heavy atom. The predicted molar refractivity (Wildman–Crippen MR) is 138 cm³/mol. The zero-order valence-electron chi connectivity index (χ0n) is 20.5. The van der Waals surface area contributed by atoms with Gasteiger partial charge in [-0.15, -0.1) is 0 Å². The minimum absolute atomic E-state index is 0.181. The standard InChI is InChI=1S/C28H36N2O4/c1-19-9-20(2)12-23(11-19)29-15-25(31)17-33-27-5-7-28(8-6-27)34-18-26(32)16-30-24-13-21(3)10-22(4)14-24/h5-14,25-26,29-32H,15-18H2,1-4H3. The second-order valence-electron chi connectivity index (χ2n) is 8.92. The fourth-order valence-corrected chi connectivity index (χ4v) is 3.76. The third-order valence-electron chi connectivity index (χ3n) is 5.24. The number of anilines is 2. The fraction of sp³-hybridized carbons (Fsp3) is 0.357. The van der Waals surface area contributed by atoms with E-state index in [9.17, 15) is 10.2 Å². The lowest BCUT2D eigenvalue weighted by molar-refractivity contribution is 0.115. The van der Waals surface area contributed by atoms with Crippen LogP contribution in [0, 0.1) is 27.7 Å². The van der Waals surface area contributed by atoms with Crippen molar-refractivity contribution < 1.29 is 19.7 Å². The van der Waals surface area contributed by atoms with E-state index in [1.54, 1.807) is 24.3 Å². The highest BCUT2D eigenvalue weighted by molar-refractivity contribution is 5.49. The van der Waals surface area contributed by atoms with Crippen LogP contribution in [-0.2, 0) is 0 Å². The van der Waals surface area contributed by atoms with Crippen molar-refractivity contribution in [3.63, 3.8) is 0 Å². The molecule has 6 nitrogen and oxygen atoms in total. The Hall–Kier alpha value is -3.22. The SMILES string of the molecule is Cc1cc(C)cc(NCC(O)COc2ccc(OCC(O)CNc3cc(C)cc(C)c3)cc2)c1. The van der Waals surface area contributed by atoms with Crippen LogP contribution in [0.5, 0.6) is 11.5 Å². The molecule has 0 radical (unpaired) electrons. The summed E-state index contributed by atoms with van der Waals surface area (Å²) in [5.41, 5.74) is 6.71. The Kier molecular flexibility index (Phi) is 9.19. The van der Waals surface area contributed by atoms with E-state index in [0.29, 0.717) is 24.6 Å². The number of aryl methyl sites for hydroxylation is 4. The van der Waals surface area contributed by atoms with E-state index in [2.05, 4.69) is 74.7 Å². The molecule has 182 valence electrons. The maximum absolute atomic E-state index is 10.2. The molecule has 0 amide bonds. The first-order valence-corrected chi connectivity index (χ1v) is 11.6. The molecule has 3 aromatic rings. The van der Waals surface area contributed by atoms with Gasteiger partial charge >= 0.3 is 0 Å². The molecule has 0 bridgehead atoms. The third-order valence-corrected chi connectivity index (χ3v) is 5.24. The third kappa shape index (κ3) is 8.61. The van der Waals surface area contributed by atoms with E-state index in [0.717, 1.165) is 11.4 Å². The molecule has 6 heteroatoms. The van der Waals surface area contributed by atoms with Crippen LogP contribution >= 0.6 is 0 Å². The van der Waals surface area contributed by atoms with Crippen LogP contribution in [0.3, 0.4) is 0 Å². The van der Waals surface area contributed by atoms with Gasteiger partial charge in [-0.2, -0.15) is 0 Å². The highest BCUT2D eigenvalue weighted by Gasteiger charge is 2.08. The van der Waals surface area contributed by atoms with Crippen molar-refractivity contribution in [3.8, 4) is 11.5 Å². The van der Waals surface area contributed by atoms with Crippen molar-refractivity contribution in [2.45, 2.75) is 39.9 Å². The largest absolute Gasteiger partial charge is 0.491 e. The van der Waals surface area contributed by atoms with Crippen molar-refractivity contribution in [1.82, 2.24) is 0 Å². The number of hydrogen-bond donors (Lipinski definition) is 4. The molecule has 0 aliphatic carbocycles. The maximum atomic E-state index is 10.2. The second-order valence-corrected chi connectivity index (χ2v) is 8.92. The monoisotopic (exact) mass is 464 g/mol. The molecule has 0 aromatic heterocycles. The molecule has 0 heterocycles. The number of aliphatic hydroxyl groups excluding tert-OH is 2. The topological polar surface area (TPSA) is 83.0 Å². The Morgan fingerprint density at radius 3 is 1.24 bits per heavy atom. The van der Waals surface area contributed by atoms with E-state index in [-0.39, 0.29) is 13.2 Å². The molecular formula is C28H36N2O4. The molecule has 0 saturated carbocycles. The summed E-state index contributed by atoms with van der Waals surface area (Å²) >= 11 is 0. The van der Waals surface area contributed by atoms with Gasteiger partial charge in [0.15, 0.2) is 0 Å². The zero-order valence-corrected chi connectivity index (χ0v) is 20.5. The van der Waals surface area contributed by atoms with Crippen LogP contribution in [0.1, 0.15) is 22.3 Å². The first-order valence-electron chi connectivity index (χ1n) is 11.6. The zero-order chi connectivity index (χ0) is 24.5. The summed E-state index contributed by atoms with van der Waals surface area (Å²) in [5.74, 6) is 1.30. The summed E-state index contributed by atoms with van der Waals surface area (Å²) < 4.78 is 11.4. The highest BCUT2D eigenvalue weighted by atomic mass is 16.5. The lowest BCUT2D eigenvalue weighted by atomic mass is 10.1. The first-order chi connectivity index (χ1) is 16.3. The second kappa shape index (κ2) is 12.3. The summed E-state index contributed by atoms with van der Waals surface area (Å²) in [6.45, 7) is 9.37. The van der Waals surface area contributed by atoms with Crippen LogP contribution in [-0.4, -0.2) is 48.7 Å². The quantitative estimate of drug-likeness (QED) is 0.313. The maximum Gasteiger partial charge on any atom is 0.119 e. The fourth-order valence-electron chi connectivity index (χ4n) is 3.76. The summed E-state index contributed by atoms with van der Waals surface area (Å²) in [6.07, 6.45) is -1.28. The molecule has 3 rings (SSSR count). The summed E-state index contributed by atoms with van der Waals surface area (Å²) in [5, 5.41) is 26.9. The van der Waals surface area contributed by atoms with Crippen LogP contribution in [0.25, 0.3) is 0 Å². The number of nitrogens with one attached hydrogen (secondary N) is 2. The average molecular weight is 465 g/mol. The van der Waals surface area contributed by atoms with Crippen LogP contribution in [0.2, 0.25) is 0 Å². The van der Waals surface area contributed by atoms with Crippen molar-refractivity contribution in [2.24, 2.45) is 0 Å². The van der Waals surface area contributed by atoms with Gasteiger partial charge in [0, 0.05) is 24.5 Å². The lowest BCUT2D eigenvalue weighted by Gasteiger charge is -2.16. The minimum Gasteiger partial charge on any atom is -0.491 e. The summed E-state index contributed by atoms with van der Waals surface area (Å²) in [7, 11) is 0. The molecule has 4 N–H and O–H groups in total. The molecule has 2 unspecified atom stereocenters. The molecule has 0 fully saturated rings. The Balaban J connectivity index is 1.36. The van der Waals surface area contributed by atoms with Crippen LogP contribution in [0.4, 0.5) is 11.4 Å². The first kappa shape index (κ1) is 25.4. The molecule has 0 saturated heterocycles. The van der Waals surface area contributed by atoms with Gasteiger partial charge in [-0.3, -0.25) is 0 Å². The average Bonchev–Trinajstić information content (AvgIpc) is 2.78. The van der Waals surface area contributed by atoms with Crippen molar-refractivity contribution in [2.75, 3.05) is 36.9 Å². The van der Waals surface area contributed by atoms with Crippen molar-refractivity contribution in [3.05, 3.63) is 82.9 Å². The smallest absolute Gasteiger partial charge is 0.119 e. The molecule has 0 aliphatic heterocycles.